The molecule has 1 heterocycles. The van der Waals surface area contributed by atoms with E-state index in [1.165, 1.54) is 0 Å². The molecule has 2 N–H and O–H groups in total. The van der Waals surface area contributed by atoms with Gasteiger partial charge in [-0.3, -0.25) is 9.78 Å². The average molecular weight is 192 g/mol. The number of ketones is 1. The van der Waals surface area contributed by atoms with Crippen LogP contribution in [0, 0.1) is 5.92 Å². The lowest BCUT2D eigenvalue weighted by Crippen LogP contribution is -2.11. The van der Waals surface area contributed by atoms with Crippen LogP contribution in [0.2, 0.25) is 0 Å². The van der Waals surface area contributed by atoms with Gasteiger partial charge in [0.1, 0.15) is 0 Å². The van der Waals surface area contributed by atoms with E-state index in [0.717, 1.165) is 17.7 Å². The molecule has 0 spiro atoms. The maximum absolute atomic E-state index is 11.8. The minimum absolute atomic E-state index is 0.0722. The standard InChI is InChI=1S/C11H16N2O/c1-3-8(2)11(14)9-4-5-13-10(6-9)7-12/h4-6,8H,3,7,12H2,1-2H3. The van der Waals surface area contributed by atoms with Crippen molar-refractivity contribution in [1.29, 1.82) is 0 Å². The van der Waals surface area contributed by atoms with Crippen molar-refractivity contribution in [2.75, 3.05) is 0 Å². The highest BCUT2D eigenvalue weighted by molar-refractivity contribution is 5.97. The predicted molar refractivity (Wildman–Crippen MR) is 55.9 cm³/mol. The second-order valence-electron chi connectivity index (χ2n) is 3.41. The Kier molecular flexibility index (Phi) is 3.77. The molecule has 3 nitrogen and oxygen atoms in total. The highest BCUT2D eigenvalue weighted by atomic mass is 16.1. The van der Waals surface area contributed by atoms with Crippen LogP contribution >= 0.6 is 0 Å². The molecule has 0 saturated heterocycles. The number of nitrogens with two attached hydrogens (primary N) is 1. The Hall–Kier alpha value is -1.22. The molecule has 0 aliphatic carbocycles. The van der Waals surface area contributed by atoms with Gasteiger partial charge in [-0.25, -0.2) is 0 Å². The van der Waals surface area contributed by atoms with Crippen LogP contribution in [0.3, 0.4) is 0 Å². The summed E-state index contributed by atoms with van der Waals surface area (Å²) < 4.78 is 0. The summed E-state index contributed by atoms with van der Waals surface area (Å²) in [5, 5.41) is 0. The summed E-state index contributed by atoms with van der Waals surface area (Å²) in [6.07, 6.45) is 2.50. The van der Waals surface area contributed by atoms with Gasteiger partial charge < -0.3 is 5.73 Å². The van der Waals surface area contributed by atoms with Crippen LogP contribution in [0.4, 0.5) is 0 Å². The SMILES string of the molecule is CCC(C)C(=O)c1ccnc(CN)c1. The molecule has 0 amide bonds. The van der Waals surface area contributed by atoms with Gasteiger partial charge in [0.05, 0.1) is 5.69 Å². The lowest BCUT2D eigenvalue weighted by Gasteiger charge is -2.07. The molecule has 1 rings (SSSR count). The van der Waals surface area contributed by atoms with E-state index in [9.17, 15) is 4.79 Å². The Morgan fingerprint density at radius 3 is 2.93 bits per heavy atom. The first-order chi connectivity index (χ1) is 6.69. The lowest BCUT2D eigenvalue weighted by atomic mass is 9.97. The number of Topliss-reactive ketones (excluding diaryl/α,β-unsaturated/α-hetero) is 1. The summed E-state index contributed by atoms with van der Waals surface area (Å²) in [6, 6.07) is 3.52. The van der Waals surface area contributed by atoms with Crippen LogP contribution in [0.1, 0.15) is 36.3 Å². The minimum Gasteiger partial charge on any atom is -0.325 e. The van der Waals surface area contributed by atoms with E-state index in [2.05, 4.69) is 4.98 Å². The molecule has 0 radical (unpaired) electrons. The molecule has 1 aromatic rings. The zero-order chi connectivity index (χ0) is 10.6. The van der Waals surface area contributed by atoms with Gasteiger partial charge in [-0.05, 0) is 18.6 Å². The van der Waals surface area contributed by atoms with Crippen LogP contribution in [-0.4, -0.2) is 10.8 Å². The van der Waals surface area contributed by atoms with Crippen molar-refractivity contribution in [2.24, 2.45) is 11.7 Å². The lowest BCUT2D eigenvalue weighted by molar-refractivity contribution is 0.0927. The first-order valence-corrected chi connectivity index (χ1v) is 4.88. The van der Waals surface area contributed by atoms with Gasteiger partial charge in [-0.2, -0.15) is 0 Å². The fourth-order valence-electron chi connectivity index (χ4n) is 1.21. The summed E-state index contributed by atoms with van der Waals surface area (Å²) in [7, 11) is 0. The molecule has 0 aliphatic rings. The summed E-state index contributed by atoms with van der Waals surface area (Å²) >= 11 is 0. The molecule has 0 saturated carbocycles. The van der Waals surface area contributed by atoms with Gasteiger partial charge in [0.15, 0.2) is 5.78 Å². The van der Waals surface area contributed by atoms with E-state index in [0.29, 0.717) is 6.54 Å². The number of aromatic nitrogens is 1. The van der Waals surface area contributed by atoms with Crippen LogP contribution in [0.5, 0.6) is 0 Å². The molecule has 0 aliphatic heterocycles. The number of hydrogen-bond donors (Lipinski definition) is 1. The monoisotopic (exact) mass is 192 g/mol. The van der Waals surface area contributed by atoms with Crippen LogP contribution in [0.15, 0.2) is 18.3 Å². The third-order valence-corrected chi connectivity index (χ3v) is 2.37. The van der Waals surface area contributed by atoms with E-state index in [-0.39, 0.29) is 11.7 Å². The predicted octanol–water partition coefficient (Wildman–Crippen LogP) is 1.77. The van der Waals surface area contributed by atoms with Crippen molar-refractivity contribution in [3.8, 4) is 0 Å². The van der Waals surface area contributed by atoms with Gasteiger partial charge in [0.2, 0.25) is 0 Å². The Morgan fingerprint density at radius 1 is 1.64 bits per heavy atom. The maximum atomic E-state index is 11.8. The van der Waals surface area contributed by atoms with Crippen molar-refractivity contribution in [3.63, 3.8) is 0 Å². The summed E-state index contributed by atoms with van der Waals surface area (Å²) in [5.41, 5.74) is 6.93. The number of pyridine rings is 1. The fourth-order valence-corrected chi connectivity index (χ4v) is 1.21. The first-order valence-electron chi connectivity index (χ1n) is 4.88. The Labute approximate surface area is 84.3 Å². The van der Waals surface area contributed by atoms with Crippen molar-refractivity contribution in [3.05, 3.63) is 29.6 Å². The van der Waals surface area contributed by atoms with Crippen LogP contribution in [-0.2, 0) is 6.54 Å². The normalized spacial score (nSPS) is 12.5. The smallest absolute Gasteiger partial charge is 0.165 e. The number of carbonyl (C=O) groups excluding carboxylic acids is 1. The van der Waals surface area contributed by atoms with E-state index >= 15 is 0 Å². The Balaban J connectivity index is 2.90. The third kappa shape index (κ3) is 2.39. The molecule has 14 heavy (non-hydrogen) atoms. The summed E-state index contributed by atoms with van der Waals surface area (Å²) in [4.78, 5) is 15.8. The van der Waals surface area contributed by atoms with Gasteiger partial charge >= 0.3 is 0 Å². The quantitative estimate of drug-likeness (QED) is 0.740. The zero-order valence-corrected chi connectivity index (χ0v) is 8.66. The molecule has 1 aromatic heterocycles. The number of rotatable bonds is 4. The van der Waals surface area contributed by atoms with E-state index in [4.69, 9.17) is 5.73 Å². The maximum Gasteiger partial charge on any atom is 0.165 e. The van der Waals surface area contributed by atoms with Crippen molar-refractivity contribution >= 4 is 5.78 Å². The Bertz CT molecular complexity index is 323. The number of hydrogen-bond acceptors (Lipinski definition) is 3. The molecule has 1 unspecified atom stereocenters. The van der Waals surface area contributed by atoms with E-state index < -0.39 is 0 Å². The second kappa shape index (κ2) is 4.86. The van der Waals surface area contributed by atoms with Gasteiger partial charge in [-0.1, -0.05) is 13.8 Å². The van der Waals surface area contributed by atoms with E-state index in [1.807, 2.05) is 13.8 Å². The van der Waals surface area contributed by atoms with Crippen molar-refractivity contribution in [2.45, 2.75) is 26.8 Å². The van der Waals surface area contributed by atoms with Crippen molar-refractivity contribution in [1.82, 2.24) is 4.98 Å². The molecule has 0 fully saturated rings. The highest BCUT2D eigenvalue weighted by Crippen LogP contribution is 2.11. The van der Waals surface area contributed by atoms with Crippen LogP contribution in [0.25, 0.3) is 0 Å². The molecular formula is C11H16N2O. The molecule has 76 valence electrons. The molecular weight excluding hydrogens is 176 g/mol. The average Bonchev–Trinajstić information content (AvgIpc) is 2.27. The number of carbonyl (C=O) groups is 1. The summed E-state index contributed by atoms with van der Waals surface area (Å²) in [5.74, 6) is 0.243. The number of nitrogens with zero attached hydrogens (tertiary/aromatic N) is 1. The van der Waals surface area contributed by atoms with Crippen LogP contribution < -0.4 is 5.73 Å². The largest absolute Gasteiger partial charge is 0.325 e. The molecule has 3 heteroatoms. The zero-order valence-electron chi connectivity index (χ0n) is 8.66. The third-order valence-electron chi connectivity index (χ3n) is 2.37. The summed E-state index contributed by atoms with van der Waals surface area (Å²) in [6.45, 7) is 4.32. The topological polar surface area (TPSA) is 56.0 Å². The molecule has 0 aromatic carbocycles. The molecule has 0 bridgehead atoms. The van der Waals surface area contributed by atoms with Gasteiger partial charge in [0.25, 0.3) is 0 Å². The Morgan fingerprint density at radius 2 is 2.36 bits per heavy atom. The van der Waals surface area contributed by atoms with Gasteiger partial charge in [-0.15, -0.1) is 0 Å². The van der Waals surface area contributed by atoms with E-state index in [1.54, 1.807) is 18.3 Å². The highest BCUT2D eigenvalue weighted by Gasteiger charge is 2.13. The van der Waals surface area contributed by atoms with Crippen molar-refractivity contribution < 1.29 is 4.79 Å². The second-order valence-corrected chi connectivity index (χ2v) is 3.41. The fraction of sp³-hybridized carbons (Fsp3) is 0.455. The molecule has 1 atom stereocenters. The minimum atomic E-state index is 0.0722. The first kappa shape index (κ1) is 10.9. The van der Waals surface area contributed by atoms with Gasteiger partial charge in [0, 0.05) is 24.2 Å².